The average Bonchev–Trinajstić information content (AvgIpc) is 2.43. The molecule has 0 spiro atoms. The zero-order chi connectivity index (χ0) is 17.2. The number of halogens is 1. The maximum Gasteiger partial charge on any atom is 0.144 e. The largest absolute Gasteiger partial charge is 0.591 e. The van der Waals surface area contributed by atoms with Crippen LogP contribution in [0.4, 0.5) is 4.39 Å². The van der Waals surface area contributed by atoms with E-state index in [4.69, 9.17) is 0 Å². The molecule has 122 valence electrons. The number of nitrogens with zero attached hydrogens (tertiary/aromatic N) is 2. The molecule has 0 fully saturated rings. The van der Waals surface area contributed by atoms with Crippen LogP contribution in [0.25, 0.3) is 11.1 Å². The highest BCUT2D eigenvalue weighted by atomic mass is 32.2. The number of pyridine rings is 1. The second-order valence-electron chi connectivity index (χ2n) is 6.22. The van der Waals surface area contributed by atoms with Crippen molar-refractivity contribution in [3.8, 4) is 16.9 Å². The van der Waals surface area contributed by atoms with E-state index in [9.17, 15) is 14.0 Å². The molecule has 0 amide bonds. The molecule has 1 heterocycles. The first-order chi connectivity index (χ1) is 10.7. The van der Waals surface area contributed by atoms with Crippen molar-refractivity contribution in [2.45, 2.75) is 32.4 Å². The summed E-state index contributed by atoms with van der Waals surface area (Å²) in [5.41, 5.74) is 2.43. The number of rotatable bonds is 3. The molecule has 1 N–H and O–H groups in total. The topological polar surface area (TPSA) is 68.5 Å². The second-order valence-corrected chi connectivity index (χ2v) is 8.15. The monoisotopic (exact) mass is 334 g/mol. The van der Waals surface area contributed by atoms with E-state index in [0.717, 1.165) is 6.07 Å². The van der Waals surface area contributed by atoms with Gasteiger partial charge in [0.2, 0.25) is 0 Å². The predicted octanol–water partition coefficient (Wildman–Crippen LogP) is 3.78. The fourth-order valence-electron chi connectivity index (χ4n) is 2.03. The molecule has 0 bridgehead atoms. The Morgan fingerprint density at radius 3 is 2.57 bits per heavy atom. The summed E-state index contributed by atoms with van der Waals surface area (Å²) < 4.78 is 28.9. The van der Waals surface area contributed by atoms with Crippen molar-refractivity contribution in [2.75, 3.05) is 0 Å². The average molecular weight is 334 g/mol. The first kappa shape index (κ1) is 17.4. The van der Waals surface area contributed by atoms with E-state index in [1.807, 2.05) is 20.8 Å². The fourth-order valence-corrected chi connectivity index (χ4v) is 2.57. The van der Waals surface area contributed by atoms with Gasteiger partial charge in [0.1, 0.15) is 27.7 Å². The van der Waals surface area contributed by atoms with Crippen LogP contribution in [-0.4, -0.2) is 25.6 Å². The Hall–Kier alpha value is -1.92. The first-order valence-electron chi connectivity index (χ1n) is 7.09. The Balaban J connectivity index is 2.37. The highest BCUT2D eigenvalue weighted by Gasteiger charge is 2.25. The Morgan fingerprint density at radius 1 is 1.26 bits per heavy atom. The van der Waals surface area contributed by atoms with E-state index in [1.54, 1.807) is 25.4 Å². The first-order valence-corrected chi connectivity index (χ1v) is 8.20. The minimum atomic E-state index is -1.36. The third kappa shape index (κ3) is 4.30. The van der Waals surface area contributed by atoms with Gasteiger partial charge in [-0.15, -0.1) is 0 Å². The lowest BCUT2D eigenvalue weighted by molar-refractivity contribution is 0.470. The molecule has 23 heavy (non-hydrogen) atoms. The summed E-state index contributed by atoms with van der Waals surface area (Å²) in [4.78, 5) is 4.11. The van der Waals surface area contributed by atoms with Gasteiger partial charge in [0.25, 0.3) is 0 Å². The molecule has 4 nitrogen and oxygen atoms in total. The molecule has 0 aliphatic heterocycles. The molecule has 1 aromatic carbocycles. The van der Waals surface area contributed by atoms with Crippen LogP contribution in [-0.2, 0) is 11.4 Å². The molecule has 0 saturated heterocycles. The minimum absolute atomic E-state index is 0.142. The zero-order valence-electron chi connectivity index (χ0n) is 13.5. The number of aromatic nitrogens is 1. The molecular weight excluding hydrogens is 315 g/mol. The Morgan fingerprint density at radius 2 is 1.96 bits per heavy atom. The molecule has 2 rings (SSSR count). The van der Waals surface area contributed by atoms with Crippen molar-refractivity contribution in [1.29, 1.82) is 0 Å². The van der Waals surface area contributed by atoms with Crippen molar-refractivity contribution >= 4 is 17.6 Å². The summed E-state index contributed by atoms with van der Waals surface area (Å²) in [5, 5.41) is 9.99. The zero-order valence-corrected chi connectivity index (χ0v) is 14.3. The number of phenolic OH excluding ortho intramolecular Hbond substituents is 1. The molecule has 0 radical (unpaired) electrons. The van der Waals surface area contributed by atoms with E-state index in [-0.39, 0.29) is 5.75 Å². The smallest absolute Gasteiger partial charge is 0.144 e. The number of hydrogen-bond donors (Lipinski definition) is 1. The predicted molar refractivity (Wildman–Crippen MR) is 91.5 cm³/mol. The third-order valence-electron chi connectivity index (χ3n) is 3.15. The molecule has 1 aromatic heterocycles. The van der Waals surface area contributed by atoms with E-state index < -0.39 is 21.9 Å². The Labute approximate surface area is 138 Å². The number of benzene rings is 1. The van der Waals surface area contributed by atoms with Crippen LogP contribution in [0, 0.1) is 12.7 Å². The quantitative estimate of drug-likeness (QED) is 0.686. The van der Waals surface area contributed by atoms with Crippen molar-refractivity contribution in [3.05, 3.63) is 47.5 Å². The highest BCUT2D eigenvalue weighted by molar-refractivity contribution is 7.91. The van der Waals surface area contributed by atoms with Gasteiger partial charge < -0.3 is 9.66 Å². The normalized spacial score (nSPS) is 13.5. The number of aromatic hydroxyl groups is 1. The summed E-state index contributed by atoms with van der Waals surface area (Å²) in [6, 6.07) is 4.18. The van der Waals surface area contributed by atoms with Gasteiger partial charge in [-0.3, -0.25) is 4.98 Å². The molecule has 0 unspecified atom stereocenters. The van der Waals surface area contributed by atoms with E-state index in [0.29, 0.717) is 22.3 Å². The van der Waals surface area contributed by atoms with Gasteiger partial charge in [-0.25, -0.2) is 4.39 Å². The lowest BCUT2D eigenvalue weighted by Gasteiger charge is -2.17. The van der Waals surface area contributed by atoms with Gasteiger partial charge in [0.15, 0.2) is 0 Å². The lowest BCUT2D eigenvalue weighted by Crippen LogP contribution is -2.25. The number of phenols is 1. The van der Waals surface area contributed by atoms with Crippen molar-refractivity contribution in [3.63, 3.8) is 0 Å². The van der Waals surface area contributed by atoms with E-state index in [2.05, 4.69) is 9.38 Å². The number of hydrogen-bond acceptors (Lipinski definition) is 4. The van der Waals surface area contributed by atoms with Crippen LogP contribution in [0.15, 0.2) is 35.0 Å². The van der Waals surface area contributed by atoms with Crippen LogP contribution >= 0.6 is 0 Å². The number of aryl methyl sites for hydroxylation is 1. The second kappa shape index (κ2) is 6.68. The molecule has 0 aliphatic rings. The van der Waals surface area contributed by atoms with Crippen LogP contribution in [0.5, 0.6) is 5.75 Å². The molecule has 1 atom stereocenters. The molecule has 6 heteroatoms. The van der Waals surface area contributed by atoms with Gasteiger partial charge in [0.05, 0.1) is 6.21 Å². The van der Waals surface area contributed by atoms with Gasteiger partial charge in [0, 0.05) is 35.2 Å². The Bertz CT molecular complexity index is 719. The summed E-state index contributed by atoms with van der Waals surface area (Å²) in [6.07, 6.45) is 4.66. The SMILES string of the molecule is Cc1cc(F)cc(O)c1-c1cncc(/C=N/[S@+]([O-])C(C)(C)C)c1. The van der Waals surface area contributed by atoms with Crippen LogP contribution in [0.1, 0.15) is 31.9 Å². The fraction of sp³-hybridized carbons (Fsp3) is 0.294. The van der Waals surface area contributed by atoms with Gasteiger partial charge in [-0.1, -0.05) is 4.40 Å². The molecule has 2 aromatic rings. The summed E-state index contributed by atoms with van der Waals surface area (Å²) in [7, 11) is 0. The van der Waals surface area contributed by atoms with Crippen LogP contribution in [0.2, 0.25) is 0 Å². The summed E-state index contributed by atoms with van der Waals surface area (Å²) in [5.74, 6) is -0.633. The maximum absolute atomic E-state index is 13.3. The molecule has 0 aliphatic carbocycles. The van der Waals surface area contributed by atoms with Crippen molar-refractivity contribution in [2.24, 2.45) is 4.40 Å². The third-order valence-corrected chi connectivity index (χ3v) is 4.49. The van der Waals surface area contributed by atoms with Crippen LogP contribution < -0.4 is 0 Å². The van der Waals surface area contributed by atoms with Crippen LogP contribution in [0.3, 0.4) is 0 Å². The molecular formula is C17H19FN2O2S. The highest BCUT2D eigenvalue weighted by Crippen LogP contribution is 2.33. The van der Waals surface area contributed by atoms with Gasteiger partial charge >= 0.3 is 0 Å². The minimum Gasteiger partial charge on any atom is -0.591 e. The standard InChI is InChI=1S/C17H19FN2O2S/c1-11-5-14(18)7-15(21)16(11)13-6-12(8-19-10-13)9-20-23(22)17(2,3)4/h5-10,21H,1-4H3/b20-9+/t23-/m1/s1. The lowest BCUT2D eigenvalue weighted by atomic mass is 10.00. The summed E-state index contributed by atoms with van der Waals surface area (Å²) >= 11 is -1.36. The van der Waals surface area contributed by atoms with Crippen molar-refractivity contribution < 1.29 is 14.0 Å². The van der Waals surface area contributed by atoms with Gasteiger partial charge in [-0.2, -0.15) is 0 Å². The van der Waals surface area contributed by atoms with E-state index >= 15 is 0 Å². The molecule has 0 saturated carbocycles. The maximum atomic E-state index is 13.3. The summed E-state index contributed by atoms with van der Waals surface area (Å²) in [6.45, 7) is 7.24. The van der Waals surface area contributed by atoms with Crippen molar-refractivity contribution in [1.82, 2.24) is 4.98 Å². The van der Waals surface area contributed by atoms with Gasteiger partial charge in [-0.05, 0) is 45.4 Å². The van der Waals surface area contributed by atoms with E-state index in [1.165, 1.54) is 12.3 Å². The Kier molecular flexibility index (Phi) is 5.06.